The Morgan fingerprint density at radius 1 is 1.15 bits per heavy atom. The standard InChI is InChI=1S/C3H4O4.C3H8O.CH3.Mg/c4-2(5)1-3(6)7;1-3(2)4;;/h1H2,(H,4,5)(H,6,7);3-4H,1-2H3;1H3;/q;;;+2. The minimum atomic E-state index is -1.31. The first-order valence-corrected chi connectivity index (χ1v) is 5.10. The van der Waals surface area contributed by atoms with E-state index < -0.39 is 18.4 Å². The summed E-state index contributed by atoms with van der Waals surface area (Å²) in [4.78, 5) is 18.9. The van der Waals surface area contributed by atoms with Gasteiger partial charge in [-0.15, -0.1) is 0 Å². The lowest BCUT2D eigenvalue weighted by Gasteiger charge is -1.80. The molecule has 0 fully saturated rings. The molecule has 0 aromatic heterocycles. The maximum atomic E-state index is 9.43. The van der Waals surface area contributed by atoms with Gasteiger partial charge in [-0.3, -0.25) is 9.59 Å². The van der Waals surface area contributed by atoms with Gasteiger partial charge in [-0.05, 0) is 13.8 Å². The van der Waals surface area contributed by atoms with Gasteiger partial charge in [0, 0.05) is 6.10 Å². The van der Waals surface area contributed by atoms with E-state index in [0.717, 1.165) is 0 Å². The minimum Gasteiger partial charge on any atom is -0.481 e. The van der Waals surface area contributed by atoms with Crippen LogP contribution in [0.1, 0.15) is 20.3 Å². The molecule has 0 unspecified atom stereocenters. The normalized spacial score (nSPS) is 7.54. The van der Waals surface area contributed by atoms with Crippen molar-refractivity contribution in [3.63, 3.8) is 0 Å². The van der Waals surface area contributed by atoms with Gasteiger partial charge in [0.1, 0.15) is 6.42 Å². The summed E-state index contributed by atoms with van der Waals surface area (Å²) in [6, 6.07) is 0. The summed E-state index contributed by atoms with van der Waals surface area (Å²) in [5, 5.41) is 25.5. The fraction of sp³-hybridized carbons (Fsp3) is 0.714. The highest BCUT2D eigenvalue weighted by atomic mass is 24.4. The van der Waals surface area contributed by atoms with Crippen molar-refractivity contribution >= 4 is 33.6 Å². The van der Waals surface area contributed by atoms with Crippen LogP contribution >= 0.6 is 0 Å². The third-order valence-electron chi connectivity index (χ3n) is 0.302. The smallest absolute Gasteiger partial charge is 0.481 e. The number of hydrogen-bond acceptors (Lipinski definition) is 3. The van der Waals surface area contributed by atoms with Gasteiger partial charge in [0.05, 0.1) is 0 Å². The fourth-order valence-electron chi connectivity index (χ4n) is 0.129. The minimum absolute atomic E-state index is 0.167. The van der Waals surface area contributed by atoms with E-state index in [2.05, 4.69) is 0 Å². The van der Waals surface area contributed by atoms with E-state index in [0.29, 0.717) is 0 Å². The Hall–Kier alpha value is -0.334. The predicted molar refractivity (Wildman–Crippen MR) is 48.9 cm³/mol. The molecule has 0 atom stereocenters. The number of aliphatic carboxylic acids is 2. The van der Waals surface area contributed by atoms with Gasteiger partial charge < -0.3 is 15.3 Å². The number of rotatable bonds is 2. The molecule has 0 rings (SSSR count). The number of aliphatic hydroxyl groups is 1. The van der Waals surface area contributed by atoms with Crippen molar-refractivity contribution in [2.45, 2.75) is 31.4 Å². The van der Waals surface area contributed by atoms with E-state index in [9.17, 15) is 9.59 Å². The highest BCUT2D eigenvalue weighted by molar-refractivity contribution is 6.05. The first-order valence-electron chi connectivity index (χ1n) is 3.68. The molecule has 0 saturated carbocycles. The van der Waals surface area contributed by atoms with Gasteiger partial charge >= 0.3 is 33.6 Å². The SMILES string of the molecule is CC(C)O.O=C(O)CC(=O)O.[CH3][Mg+2]. The molecular weight excluding hydrogens is 188 g/mol. The molecule has 0 aliphatic carbocycles. The summed E-state index contributed by atoms with van der Waals surface area (Å²) in [5.41, 5.74) is 0. The quantitative estimate of drug-likeness (QED) is 0.438. The third-order valence-corrected chi connectivity index (χ3v) is 0.302. The molecule has 3 N–H and O–H groups in total. The molecule has 0 bridgehead atoms. The highest BCUT2D eigenvalue weighted by Crippen LogP contribution is 1.74. The fourth-order valence-corrected chi connectivity index (χ4v) is 0.129. The number of carbonyl (C=O) groups is 2. The Morgan fingerprint density at radius 3 is 1.31 bits per heavy atom. The van der Waals surface area contributed by atoms with Gasteiger partial charge in [-0.2, -0.15) is 0 Å². The van der Waals surface area contributed by atoms with Crippen molar-refractivity contribution < 1.29 is 24.9 Å². The Kier molecular flexibility index (Phi) is 20.2. The van der Waals surface area contributed by atoms with Gasteiger partial charge in [-0.1, -0.05) is 0 Å². The lowest BCUT2D eigenvalue weighted by molar-refractivity contribution is -0.147. The van der Waals surface area contributed by atoms with E-state index >= 15 is 0 Å². The van der Waals surface area contributed by atoms with E-state index in [-0.39, 0.29) is 6.10 Å². The van der Waals surface area contributed by atoms with Gasteiger partial charge in [0.25, 0.3) is 5.05 Å². The summed E-state index contributed by atoms with van der Waals surface area (Å²) in [6.45, 7) is 3.44. The Bertz CT molecular complexity index is 120. The van der Waals surface area contributed by atoms with Crippen LogP contribution in [0.25, 0.3) is 0 Å². The zero-order valence-electron chi connectivity index (χ0n) is 8.15. The zero-order chi connectivity index (χ0) is 11.4. The summed E-state index contributed by atoms with van der Waals surface area (Å²) in [6.07, 6.45) is -0.972. The number of carboxylic acid groups (broad SMARTS) is 2. The lowest BCUT2D eigenvalue weighted by Crippen LogP contribution is -2.03. The maximum Gasteiger partial charge on any atom is 1.41 e. The third kappa shape index (κ3) is 81.1. The van der Waals surface area contributed by atoms with E-state index in [1.165, 1.54) is 0 Å². The van der Waals surface area contributed by atoms with Crippen LogP contribution in [-0.2, 0) is 9.59 Å². The molecule has 13 heavy (non-hydrogen) atoms. The number of aliphatic hydroxyl groups excluding tert-OH is 1. The molecule has 0 heterocycles. The Labute approximate surface area is 90.2 Å². The second-order valence-corrected chi connectivity index (χ2v) is 2.06. The van der Waals surface area contributed by atoms with E-state index in [4.69, 9.17) is 15.3 Å². The Balaban J connectivity index is -0.000000142. The predicted octanol–water partition coefficient (Wildman–Crippen LogP) is 0.136. The lowest BCUT2D eigenvalue weighted by atomic mass is 10.5. The molecule has 0 aromatic carbocycles. The first kappa shape index (κ1) is 18.4. The van der Waals surface area contributed by atoms with Crippen LogP contribution in [0, 0.1) is 0 Å². The summed E-state index contributed by atoms with van der Waals surface area (Å²) in [7, 11) is 0. The largest absolute Gasteiger partial charge is 1.41 e. The van der Waals surface area contributed by atoms with Crippen molar-refractivity contribution in [3.8, 4) is 0 Å². The Morgan fingerprint density at radius 2 is 1.31 bits per heavy atom. The molecule has 6 heteroatoms. The molecule has 0 spiro atoms. The summed E-state index contributed by atoms with van der Waals surface area (Å²) < 4.78 is 0. The molecule has 0 aromatic rings. The van der Waals surface area contributed by atoms with Crippen LogP contribution in [0.2, 0.25) is 5.05 Å². The van der Waals surface area contributed by atoms with Crippen LogP contribution in [-0.4, -0.2) is 55.1 Å². The maximum absolute atomic E-state index is 9.43. The topological polar surface area (TPSA) is 94.8 Å². The average Bonchev–Trinajstić information content (AvgIpc) is 1.87. The highest BCUT2D eigenvalue weighted by Gasteiger charge is 2.01. The molecule has 0 saturated heterocycles. The monoisotopic (exact) mass is 203 g/mol. The van der Waals surface area contributed by atoms with Crippen LogP contribution in [0.5, 0.6) is 0 Å². The molecule has 0 amide bonds. The number of carboxylic acids is 2. The van der Waals surface area contributed by atoms with Crippen molar-refractivity contribution in [3.05, 3.63) is 0 Å². The van der Waals surface area contributed by atoms with Crippen LogP contribution in [0.15, 0.2) is 0 Å². The molecule has 0 aliphatic heterocycles. The molecule has 5 nitrogen and oxygen atoms in total. The first-order chi connectivity index (χ1) is 5.86. The molecule has 73 valence electrons. The van der Waals surface area contributed by atoms with E-state index in [1.807, 2.05) is 26.8 Å². The average molecular weight is 203 g/mol. The number of hydrogen-bond donors (Lipinski definition) is 3. The van der Waals surface area contributed by atoms with Crippen molar-refractivity contribution in [1.29, 1.82) is 0 Å². The van der Waals surface area contributed by atoms with Gasteiger partial charge in [-0.25, -0.2) is 0 Å². The van der Waals surface area contributed by atoms with E-state index in [1.54, 1.807) is 13.8 Å². The second-order valence-electron chi connectivity index (χ2n) is 2.06. The molecule has 0 aliphatic rings. The van der Waals surface area contributed by atoms with Crippen LogP contribution < -0.4 is 0 Å². The van der Waals surface area contributed by atoms with Crippen molar-refractivity contribution in [2.24, 2.45) is 0 Å². The van der Waals surface area contributed by atoms with Crippen LogP contribution in [0.3, 0.4) is 0 Å². The second kappa shape index (κ2) is 14.2. The van der Waals surface area contributed by atoms with Gasteiger partial charge in [0.15, 0.2) is 0 Å². The summed E-state index contributed by atoms with van der Waals surface area (Å²) >= 11 is 1.86. The van der Waals surface area contributed by atoms with Crippen LogP contribution in [0.4, 0.5) is 0 Å². The summed E-state index contributed by atoms with van der Waals surface area (Å²) in [5.74, 6) is -2.62. The van der Waals surface area contributed by atoms with Crippen molar-refractivity contribution in [1.82, 2.24) is 0 Å². The van der Waals surface area contributed by atoms with Gasteiger partial charge in [0.2, 0.25) is 0 Å². The zero-order valence-corrected chi connectivity index (χ0v) is 9.56. The van der Waals surface area contributed by atoms with Crippen molar-refractivity contribution in [2.75, 3.05) is 0 Å². The molecular formula is C7H15MgO5+2. The molecule has 7 radical (unpaired) electrons.